The number of carbonyl (C=O) groups excluding carboxylic acids is 1. The molecule has 2 heterocycles. The molecule has 1 aliphatic carbocycles. The van der Waals surface area contributed by atoms with E-state index >= 15 is 0 Å². The van der Waals surface area contributed by atoms with E-state index in [-0.39, 0.29) is 17.8 Å². The lowest BCUT2D eigenvalue weighted by Crippen LogP contribution is -2.37. The molecule has 3 rings (SSSR count). The minimum absolute atomic E-state index is 0.0305. The van der Waals surface area contributed by atoms with E-state index in [9.17, 15) is 4.79 Å². The van der Waals surface area contributed by atoms with Gasteiger partial charge >= 0.3 is 0 Å². The molecule has 5 heteroatoms. The van der Waals surface area contributed by atoms with Crippen molar-refractivity contribution in [2.75, 3.05) is 13.2 Å². The molecule has 0 aromatic carbocycles. The smallest absolute Gasteiger partial charge is 0.267 e. The molecule has 104 valence electrons. The van der Waals surface area contributed by atoms with E-state index in [0.29, 0.717) is 18.8 Å². The molecule has 1 amide bonds. The average molecular weight is 264 g/mol. The van der Waals surface area contributed by atoms with Crippen molar-refractivity contribution in [3.05, 3.63) is 24.0 Å². The van der Waals surface area contributed by atoms with Gasteiger partial charge in [-0.2, -0.15) is 0 Å². The zero-order chi connectivity index (χ0) is 13.1. The average Bonchev–Trinajstić information content (AvgIpc) is 3.08. The Morgan fingerprint density at radius 3 is 3.00 bits per heavy atom. The van der Waals surface area contributed by atoms with E-state index in [1.165, 1.54) is 19.3 Å². The van der Waals surface area contributed by atoms with E-state index < -0.39 is 0 Å². The van der Waals surface area contributed by atoms with Crippen LogP contribution in [0.3, 0.4) is 0 Å². The maximum atomic E-state index is 11.8. The third-order valence-electron chi connectivity index (χ3n) is 3.86. The number of H-pyrrole nitrogens is 1. The van der Waals surface area contributed by atoms with Crippen LogP contribution < -0.4 is 5.32 Å². The van der Waals surface area contributed by atoms with Gasteiger partial charge in [0.1, 0.15) is 11.8 Å². The van der Waals surface area contributed by atoms with Gasteiger partial charge < -0.3 is 19.8 Å². The summed E-state index contributed by atoms with van der Waals surface area (Å²) in [4.78, 5) is 14.7. The highest BCUT2D eigenvalue weighted by atomic mass is 16.7. The summed E-state index contributed by atoms with van der Waals surface area (Å²) in [5, 5.41) is 2.87. The first-order chi connectivity index (χ1) is 9.27. The fraction of sp³-hybridized carbons (Fsp3) is 0.643. The Labute approximate surface area is 112 Å². The van der Waals surface area contributed by atoms with E-state index in [2.05, 4.69) is 10.3 Å². The highest BCUT2D eigenvalue weighted by Gasteiger charge is 2.42. The number of aromatic nitrogens is 1. The molecule has 0 radical (unpaired) electrons. The SMILES string of the molecule is O=C(NCC1COC2(CCCCC2)O1)c1ccc[nH]1. The molecule has 0 bridgehead atoms. The van der Waals surface area contributed by atoms with Crippen LogP contribution in [0.2, 0.25) is 0 Å². The van der Waals surface area contributed by atoms with Crippen molar-refractivity contribution in [1.29, 1.82) is 0 Å². The van der Waals surface area contributed by atoms with Gasteiger partial charge in [-0.15, -0.1) is 0 Å². The monoisotopic (exact) mass is 264 g/mol. The van der Waals surface area contributed by atoms with Gasteiger partial charge in [-0.25, -0.2) is 0 Å². The van der Waals surface area contributed by atoms with Crippen molar-refractivity contribution < 1.29 is 14.3 Å². The van der Waals surface area contributed by atoms with Crippen molar-refractivity contribution in [3.63, 3.8) is 0 Å². The first-order valence-corrected chi connectivity index (χ1v) is 7.01. The molecule has 2 N–H and O–H groups in total. The Morgan fingerprint density at radius 1 is 1.42 bits per heavy atom. The van der Waals surface area contributed by atoms with Crippen molar-refractivity contribution in [1.82, 2.24) is 10.3 Å². The first-order valence-electron chi connectivity index (χ1n) is 7.01. The number of rotatable bonds is 3. The van der Waals surface area contributed by atoms with Crippen LogP contribution in [0.15, 0.2) is 18.3 Å². The van der Waals surface area contributed by atoms with Crippen LogP contribution in [0, 0.1) is 0 Å². The lowest BCUT2D eigenvalue weighted by molar-refractivity contribution is -0.186. The molecule has 1 aromatic rings. The van der Waals surface area contributed by atoms with Gasteiger partial charge in [0.25, 0.3) is 5.91 Å². The molecule has 1 unspecified atom stereocenters. The summed E-state index contributed by atoms with van der Waals surface area (Å²) < 4.78 is 11.8. The first kappa shape index (κ1) is 12.7. The summed E-state index contributed by atoms with van der Waals surface area (Å²) in [6.07, 6.45) is 7.27. The zero-order valence-corrected chi connectivity index (χ0v) is 11.0. The number of nitrogens with one attached hydrogen (secondary N) is 2. The highest BCUT2D eigenvalue weighted by molar-refractivity contribution is 5.92. The maximum Gasteiger partial charge on any atom is 0.267 e. The lowest BCUT2D eigenvalue weighted by Gasteiger charge is -2.31. The second-order valence-electron chi connectivity index (χ2n) is 5.32. The van der Waals surface area contributed by atoms with Gasteiger partial charge in [0.2, 0.25) is 0 Å². The topological polar surface area (TPSA) is 63.4 Å². The fourth-order valence-corrected chi connectivity index (χ4v) is 2.84. The van der Waals surface area contributed by atoms with Crippen molar-refractivity contribution in [3.8, 4) is 0 Å². The zero-order valence-electron chi connectivity index (χ0n) is 11.0. The van der Waals surface area contributed by atoms with Crippen LogP contribution in [0.25, 0.3) is 0 Å². The molecule has 2 fully saturated rings. The third kappa shape index (κ3) is 2.82. The normalized spacial score (nSPS) is 25.6. The minimum Gasteiger partial charge on any atom is -0.357 e. The van der Waals surface area contributed by atoms with Crippen LogP contribution >= 0.6 is 0 Å². The highest BCUT2D eigenvalue weighted by Crippen LogP contribution is 2.37. The van der Waals surface area contributed by atoms with Crippen LogP contribution in [-0.4, -0.2) is 35.9 Å². The molecule has 1 aliphatic heterocycles. The van der Waals surface area contributed by atoms with Crippen LogP contribution in [0.5, 0.6) is 0 Å². The van der Waals surface area contributed by atoms with Crippen LogP contribution in [0.4, 0.5) is 0 Å². The maximum absolute atomic E-state index is 11.8. The Morgan fingerprint density at radius 2 is 2.26 bits per heavy atom. The quantitative estimate of drug-likeness (QED) is 0.875. The summed E-state index contributed by atoms with van der Waals surface area (Å²) in [7, 11) is 0. The third-order valence-corrected chi connectivity index (χ3v) is 3.86. The molecular formula is C14H20N2O3. The van der Waals surface area contributed by atoms with E-state index in [4.69, 9.17) is 9.47 Å². The molecule has 5 nitrogen and oxygen atoms in total. The van der Waals surface area contributed by atoms with Crippen LogP contribution in [-0.2, 0) is 9.47 Å². The summed E-state index contributed by atoms with van der Waals surface area (Å²) in [6.45, 7) is 1.07. The van der Waals surface area contributed by atoms with Gasteiger partial charge in [-0.1, -0.05) is 6.42 Å². The second-order valence-corrected chi connectivity index (χ2v) is 5.32. The fourth-order valence-electron chi connectivity index (χ4n) is 2.84. The number of amides is 1. The molecule has 1 atom stereocenters. The summed E-state index contributed by atoms with van der Waals surface area (Å²) in [5.41, 5.74) is 0.575. The van der Waals surface area contributed by atoms with Gasteiger partial charge in [-0.05, 0) is 25.0 Å². The standard InChI is InChI=1S/C14H20N2O3/c17-13(12-5-4-8-15-12)16-9-11-10-18-14(19-11)6-2-1-3-7-14/h4-5,8,11,15H,1-3,6-7,9-10H2,(H,16,17). The number of aromatic amines is 1. The minimum atomic E-state index is -0.361. The molecule has 1 spiro atoms. The van der Waals surface area contributed by atoms with Gasteiger partial charge in [0.15, 0.2) is 5.79 Å². The van der Waals surface area contributed by atoms with Gasteiger partial charge in [-0.3, -0.25) is 4.79 Å². The number of carbonyl (C=O) groups is 1. The number of ether oxygens (including phenoxy) is 2. The predicted molar refractivity (Wildman–Crippen MR) is 69.8 cm³/mol. The van der Waals surface area contributed by atoms with Crippen molar-refractivity contribution in [2.45, 2.75) is 44.0 Å². The van der Waals surface area contributed by atoms with Crippen molar-refractivity contribution in [2.24, 2.45) is 0 Å². The molecule has 1 saturated carbocycles. The van der Waals surface area contributed by atoms with E-state index in [0.717, 1.165) is 12.8 Å². The molecule has 1 aromatic heterocycles. The van der Waals surface area contributed by atoms with E-state index in [1.807, 2.05) is 0 Å². The second kappa shape index (κ2) is 5.35. The van der Waals surface area contributed by atoms with E-state index in [1.54, 1.807) is 18.3 Å². The summed E-state index contributed by atoms with van der Waals surface area (Å²) >= 11 is 0. The number of hydrogen-bond donors (Lipinski definition) is 2. The van der Waals surface area contributed by atoms with Crippen LogP contribution in [0.1, 0.15) is 42.6 Å². The molecule has 2 aliphatic rings. The Balaban J connectivity index is 1.48. The predicted octanol–water partition coefficient (Wildman–Crippen LogP) is 1.82. The molecular weight excluding hydrogens is 244 g/mol. The Bertz CT molecular complexity index is 424. The van der Waals surface area contributed by atoms with Crippen molar-refractivity contribution >= 4 is 5.91 Å². The lowest BCUT2D eigenvalue weighted by atomic mass is 9.94. The molecule has 1 saturated heterocycles. The summed E-state index contributed by atoms with van der Waals surface area (Å²) in [6, 6.07) is 3.56. The molecule has 19 heavy (non-hydrogen) atoms. The van der Waals surface area contributed by atoms with Gasteiger partial charge in [0, 0.05) is 25.6 Å². The Hall–Kier alpha value is -1.33. The Kier molecular flexibility index (Phi) is 3.57. The van der Waals surface area contributed by atoms with Gasteiger partial charge in [0.05, 0.1) is 6.61 Å². The largest absolute Gasteiger partial charge is 0.357 e. The summed E-state index contributed by atoms with van der Waals surface area (Å²) in [5.74, 6) is -0.460. The number of hydrogen-bond acceptors (Lipinski definition) is 3.